The number of nitrogens with one attached hydrogen (secondary N) is 2. The Balaban J connectivity index is 2.41. The van der Waals surface area contributed by atoms with Crippen molar-refractivity contribution in [2.75, 3.05) is 0 Å². The minimum Gasteiger partial charge on any atom is -0.273 e. The Bertz CT molecular complexity index is 375. The molecule has 0 spiro atoms. The number of halogens is 3. The van der Waals surface area contributed by atoms with E-state index >= 15 is 0 Å². The molecule has 3 nitrogen and oxygen atoms in total. The molecule has 0 aliphatic carbocycles. The number of thiocarbonyl (C=S) groups is 1. The summed E-state index contributed by atoms with van der Waals surface area (Å²) in [6, 6.07) is 8.90. The van der Waals surface area contributed by atoms with Crippen molar-refractivity contribution in [2.24, 2.45) is 5.10 Å². The van der Waals surface area contributed by atoms with Crippen molar-refractivity contribution in [1.82, 2.24) is 10.7 Å². The number of rotatable bonds is 2. The van der Waals surface area contributed by atoms with Crippen molar-refractivity contribution >= 4 is 23.5 Å². The summed E-state index contributed by atoms with van der Waals surface area (Å²) in [5, 5.41) is 4.06. The van der Waals surface area contributed by atoms with E-state index in [4.69, 9.17) is 0 Å². The third-order valence-corrected chi connectivity index (χ3v) is 1.63. The van der Waals surface area contributed by atoms with E-state index < -0.39 is 11.4 Å². The second-order valence-electron chi connectivity index (χ2n) is 2.73. The summed E-state index contributed by atoms with van der Waals surface area (Å²) >= 11 is 4.36. The summed E-state index contributed by atoms with van der Waals surface area (Å²) in [7, 11) is 0. The van der Waals surface area contributed by atoms with E-state index in [0.717, 1.165) is 10.9 Å². The number of hydrogen-bond acceptors (Lipinski definition) is 2. The normalized spacial score (nSPS) is 11.4. The Labute approximate surface area is 95.3 Å². The Kier molecular flexibility index (Phi) is 4.24. The van der Waals surface area contributed by atoms with Crippen molar-refractivity contribution < 1.29 is 13.2 Å². The highest BCUT2D eigenvalue weighted by atomic mass is 32.1. The maximum absolute atomic E-state index is 11.8. The van der Waals surface area contributed by atoms with Crippen LogP contribution in [0.1, 0.15) is 5.56 Å². The number of alkyl halides is 3. The summed E-state index contributed by atoms with van der Waals surface area (Å²) in [4.78, 5) is 0. The Morgan fingerprint density at radius 1 is 1.25 bits per heavy atom. The fourth-order valence-corrected chi connectivity index (χ4v) is 1.03. The van der Waals surface area contributed by atoms with Crippen LogP contribution in [0, 0.1) is 0 Å². The van der Waals surface area contributed by atoms with Crippen LogP contribution in [0.2, 0.25) is 0 Å². The van der Waals surface area contributed by atoms with E-state index in [-0.39, 0.29) is 0 Å². The first-order valence-corrected chi connectivity index (χ1v) is 4.61. The van der Waals surface area contributed by atoms with Gasteiger partial charge < -0.3 is 0 Å². The molecule has 0 aliphatic heterocycles. The highest BCUT2D eigenvalue weighted by molar-refractivity contribution is 7.80. The van der Waals surface area contributed by atoms with E-state index in [1.54, 1.807) is 24.3 Å². The smallest absolute Gasteiger partial charge is 0.273 e. The lowest BCUT2D eigenvalue weighted by atomic mass is 10.2. The van der Waals surface area contributed by atoms with E-state index in [1.165, 1.54) is 6.21 Å². The SMILES string of the molecule is FC(F)(F)NC(=S)NN=Cc1ccccc1. The summed E-state index contributed by atoms with van der Waals surface area (Å²) in [6.07, 6.45) is -3.18. The molecule has 0 bridgehead atoms. The number of hydrazone groups is 1. The zero-order chi connectivity index (χ0) is 12.0. The molecule has 0 unspecified atom stereocenters. The van der Waals surface area contributed by atoms with Crippen LogP contribution in [0.25, 0.3) is 0 Å². The molecular weight excluding hydrogens is 239 g/mol. The van der Waals surface area contributed by atoms with Gasteiger partial charge >= 0.3 is 6.30 Å². The molecule has 86 valence electrons. The van der Waals surface area contributed by atoms with Gasteiger partial charge in [-0.25, -0.2) is 0 Å². The predicted molar refractivity (Wildman–Crippen MR) is 59.0 cm³/mol. The molecule has 0 saturated carbocycles. The molecule has 0 fully saturated rings. The molecule has 0 aliphatic rings. The van der Waals surface area contributed by atoms with E-state index in [9.17, 15) is 13.2 Å². The van der Waals surface area contributed by atoms with Gasteiger partial charge in [0.05, 0.1) is 6.21 Å². The molecule has 0 aromatic heterocycles. The fourth-order valence-electron chi connectivity index (χ4n) is 0.861. The molecule has 16 heavy (non-hydrogen) atoms. The van der Waals surface area contributed by atoms with Crippen LogP contribution in [0.4, 0.5) is 13.2 Å². The number of nitrogens with zero attached hydrogens (tertiary/aromatic N) is 1. The van der Waals surface area contributed by atoms with Gasteiger partial charge in [-0.1, -0.05) is 30.3 Å². The Hall–Kier alpha value is -1.63. The summed E-state index contributed by atoms with van der Waals surface area (Å²) in [5.41, 5.74) is 2.81. The van der Waals surface area contributed by atoms with Gasteiger partial charge in [0.15, 0.2) is 5.11 Å². The summed E-state index contributed by atoms with van der Waals surface area (Å²) in [6.45, 7) is 0. The van der Waals surface area contributed by atoms with Gasteiger partial charge in [-0.2, -0.15) is 18.3 Å². The molecule has 0 radical (unpaired) electrons. The molecule has 0 atom stereocenters. The molecule has 0 heterocycles. The van der Waals surface area contributed by atoms with Crippen LogP contribution < -0.4 is 10.7 Å². The van der Waals surface area contributed by atoms with Crippen molar-refractivity contribution in [1.29, 1.82) is 0 Å². The highest BCUT2D eigenvalue weighted by Gasteiger charge is 2.28. The lowest BCUT2D eigenvalue weighted by Gasteiger charge is -2.09. The van der Waals surface area contributed by atoms with Crippen molar-refractivity contribution in [2.45, 2.75) is 6.30 Å². The van der Waals surface area contributed by atoms with Crippen LogP contribution >= 0.6 is 12.2 Å². The standard InChI is InChI=1S/C9H8F3N3S/c10-9(11,12)14-8(16)15-13-6-7-4-2-1-3-5-7/h1-6H,(H2,14,15,16). The minimum absolute atomic E-state index is 0.598. The Morgan fingerprint density at radius 2 is 1.88 bits per heavy atom. The monoisotopic (exact) mass is 247 g/mol. The van der Waals surface area contributed by atoms with Gasteiger partial charge in [-0.05, 0) is 17.8 Å². The molecule has 1 aromatic carbocycles. The van der Waals surface area contributed by atoms with Gasteiger partial charge in [-0.15, -0.1) is 0 Å². The van der Waals surface area contributed by atoms with Crippen molar-refractivity contribution in [3.05, 3.63) is 35.9 Å². The average molecular weight is 247 g/mol. The maximum atomic E-state index is 11.8. The molecule has 2 N–H and O–H groups in total. The zero-order valence-electron chi connectivity index (χ0n) is 7.95. The highest BCUT2D eigenvalue weighted by Crippen LogP contribution is 2.08. The number of benzene rings is 1. The third-order valence-electron chi connectivity index (χ3n) is 1.43. The minimum atomic E-state index is -4.55. The first-order chi connectivity index (χ1) is 7.47. The average Bonchev–Trinajstić information content (AvgIpc) is 2.16. The topological polar surface area (TPSA) is 36.4 Å². The molecule has 7 heteroatoms. The lowest BCUT2D eigenvalue weighted by Crippen LogP contribution is -2.42. The van der Waals surface area contributed by atoms with Gasteiger partial charge in [0.1, 0.15) is 0 Å². The van der Waals surface area contributed by atoms with Crippen molar-refractivity contribution in [3.63, 3.8) is 0 Å². The van der Waals surface area contributed by atoms with E-state index in [1.807, 2.05) is 6.07 Å². The summed E-state index contributed by atoms with van der Waals surface area (Å²) < 4.78 is 35.3. The first-order valence-electron chi connectivity index (χ1n) is 4.20. The molecular formula is C9H8F3N3S. The maximum Gasteiger partial charge on any atom is 0.484 e. The van der Waals surface area contributed by atoms with Crippen LogP contribution in [-0.2, 0) is 0 Å². The Morgan fingerprint density at radius 3 is 2.44 bits per heavy atom. The molecule has 1 rings (SSSR count). The van der Waals surface area contributed by atoms with E-state index in [0.29, 0.717) is 0 Å². The van der Waals surface area contributed by atoms with E-state index in [2.05, 4.69) is 22.7 Å². The largest absolute Gasteiger partial charge is 0.484 e. The lowest BCUT2D eigenvalue weighted by molar-refractivity contribution is -0.141. The molecule has 0 amide bonds. The summed E-state index contributed by atoms with van der Waals surface area (Å²) in [5.74, 6) is 0. The predicted octanol–water partition coefficient (Wildman–Crippen LogP) is 2.00. The molecule has 0 saturated heterocycles. The molecule has 1 aromatic rings. The van der Waals surface area contributed by atoms with Gasteiger partial charge in [0, 0.05) is 0 Å². The van der Waals surface area contributed by atoms with Crippen LogP contribution in [-0.4, -0.2) is 17.6 Å². The van der Waals surface area contributed by atoms with Crippen LogP contribution in [0.3, 0.4) is 0 Å². The number of hydrogen-bond donors (Lipinski definition) is 2. The zero-order valence-corrected chi connectivity index (χ0v) is 8.77. The first kappa shape index (κ1) is 12.4. The van der Waals surface area contributed by atoms with Gasteiger partial charge in [0.25, 0.3) is 0 Å². The van der Waals surface area contributed by atoms with Gasteiger partial charge in [0.2, 0.25) is 0 Å². The second kappa shape index (κ2) is 5.45. The van der Waals surface area contributed by atoms with Crippen molar-refractivity contribution in [3.8, 4) is 0 Å². The fraction of sp³-hybridized carbons (Fsp3) is 0.111. The van der Waals surface area contributed by atoms with Crippen LogP contribution in [0.15, 0.2) is 35.4 Å². The van der Waals surface area contributed by atoms with Crippen LogP contribution in [0.5, 0.6) is 0 Å². The second-order valence-corrected chi connectivity index (χ2v) is 3.14. The third kappa shape index (κ3) is 5.30. The van der Waals surface area contributed by atoms with Gasteiger partial charge in [-0.3, -0.25) is 10.7 Å². The quantitative estimate of drug-likeness (QED) is 0.363.